The number of rotatable bonds is 15. The number of aliphatic hydroxyl groups excluding tert-OH is 1. The Bertz CT molecular complexity index is 1090. The van der Waals surface area contributed by atoms with Crippen LogP contribution in [-0.4, -0.2) is 50.5 Å². The molecule has 1 saturated heterocycles. The fraction of sp³-hybridized carbons (Fsp3) is 0.706. The van der Waals surface area contributed by atoms with Crippen molar-refractivity contribution < 1.29 is 19.4 Å². The van der Waals surface area contributed by atoms with Crippen LogP contribution in [0.15, 0.2) is 34.9 Å². The number of amides is 1. The molecule has 0 aliphatic carbocycles. The lowest BCUT2D eigenvalue weighted by Crippen LogP contribution is -2.37. The molecular weight excluding hydrogens is 594 g/mol. The zero-order valence-electron chi connectivity index (χ0n) is 26.8. The van der Waals surface area contributed by atoms with E-state index < -0.39 is 23.8 Å². The molecular formula is C34H54BrN3O4. The van der Waals surface area contributed by atoms with Crippen LogP contribution in [0.25, 0.3) is 11.3 Å². The van der Waals surface area contributed by atoms with E-state index in [4.69, 9.17) is 14.5 Å². The fourth-order valence-electron chi connectivity index (χ4n) is 5.40. The quantitative estimate of drug-likeness (QED) is 0.195. The number of nitrogens with zero attached hydrogens (tertiary/aromatic N) is 3. The Morgan fingerprint density at radius 3 is 2.14 bits per heavy atom. The van der Waals surface area contributed by atoms with Gasteiger partial charge in [-0.3, -0.25) is 4.90 Å². The maximum absolute atomic E-state index is 13.0. The first-order valence-electron chi connectivity index (χ1n) is 15.9. The minimum Gasteiger partial charge on any atom is -0.444 e. The molecule has 0 saturated carbocycles. The molecule has 42 heavy (non-hydrogen) atoms. The molecule has 2 aromatic rings. The van der Waals surface area contributed by atoms with Crippen LogP contribution in [-0.2, 0) is 16.2 Å². The highest BCUT2D eigenvalue weighted by Crippen LogP contribution is 2.35. The fourth-order valence-corrected chi connectivity index (χ4v) is 5.66. The first kappa shape index (κ1) is 34.6. The van der Waals surface area contributed by atoms with Gasteiger partial charge in [-0.25, -0.2) is 9.78 Å². The Hall–Kier alpha value is -1.90. The number of carbonyl (C=O) groups excluding carboxylic acids is 1. The summed E-state index contributed by atoms with van der Waals surface area (Å²) in [7, 11) is 0. The summed E-state index contributed by atoms with van der Waals surface area (Å²) < 4.78 is 14.8. The molecule has 2 heterocycles. The van der Waals surface area contributed by atoms with Crippen molar-refractivity contribution in [1.29, 1.82) is 0 Å². The van der Waals surface area contributed by atoms with Crippen molar-refractivity contribution in [2.75, 3.05) is 13.2 Å². The Morgan fingerprint density at radius 2 is 1.55 bits per heavy atom. The van der Waals surface area contributed by atoms with Crippen molar-refractivity contribution >= 4 is 22.0 Å². The van der Waals surface area contributed by atoms with Crippen LogP contribution in [0.3, 0.4) is 0 Å². The SMILES string of the molecule is CC(C)(C)CCCCCCCCCCCOCn1cc(-c2ccc(Br)cc2)nc1C1CC(O)CN1C(=O)OC(C)(C)C. The smallest absolute Gasteiger partial charge is 0.411 e. The Balaban J connectivity index is 1.51. The molecule has 0 radical (unpaired) electrons. The molecule has 1 aromatic carbocycles. The van der Waals surface area contributed by atoms with Crippen molar-refractivity contribution in [2.45, 2.75) is 137 Å². The number of aromatic nitrogens is 2. The number of hydrogen-bond acceptors (Lipinski definition) is 5. The maximum atomic E-state index is 13.0. The van der Waals surface area contributed by atoms with Crippen LogP contribution in [0.4, 0.5) is 4.79 Å². The number of hydrogen-bond donors (Lipinski definition) is 1. The standard InChI is InChI=1S/C34H54BrN3O4/c1-33(2,3)20-14-12-10-8-7-9-11-13-15-21-41-25-37-24-29(26-16-18-27(35)19-17-26)36-31(37)30-22-28(39)23-38(30)32(40)42-34(4,5)6/h16-19,24,28,30,39H,7-15,20-23,25H2,1-6H3. The third kappa shape index (κ3) is 12.0. The van der Waals surface area contributed by atoms with Gasteiger partial charge in [0.25, 0.3) is 0 Å². The summed E-state index contributed by atoms with van der Waals surface area (Å²) in [5.74, 6) is 0.706. The number of ether oxygens (including phenoxy) is 2. The minimum atomic E-state index is -0.631. The van der Waals surface area contributed by atoms with E-state index in [9.17, 15) is 9.90 Å². The minimum absolute atomic E-state index is 0.220. The number of likely N-dealkylation sites (tertiary alicyclic amines) is 1. The molecule has 7 nitrogen and oxygen atoms in total. The van der Waals surface area contributed by atoms with Crippen molar-refractivity contribution in [3.8, 4) is 11.3 Å². The largest absolute Gasteiger partial charge is 0.444 e. The summed E-state index contributed by atoms with van der Waals surface area (Å²) in [5, 5.41) is 10.5. The number of β-amino-alcohol motifs (C(OH)–C–C–N with tert-alkyl or cyclic N) is 1. The van der Waals surface area contributed by atoms with Crippen LogP contribution in [0.5, 0.6) is 0 Å². The topological polar surface area (TPSA) is 76.8 Å². The van der Waals surface area contributed by atoms with Crippen LogP contribution >= 0.6 is 15.9 Å². The summed E-state index contributed by atoms with van der Waals surface area (Å²) in [6, 6.07) is 7.62. The lowest BCUT2D eigenvalue weighted by Gasteiger charge is -2.28. The Labute approximate surface area is 262 Å². The van der Waals surface area contributed by atoms with Gasteiger partial charge < -0.3 is 19.1 Å². The number of benzene rings is 1. The van der Waals surface area contributed by atoms with Crippen LogP contribution < -0.4 is 0 Å². The lowest BCUT2D eigenvalue weighted by atomic mass is 9.89. The van der Waals surface area contributed by atoms with E-state index in [1.54, 1.807) is 4.90 Å². The second kappa shape index (κ2) is 16.2. The summed E-state index contributed by atoms with van der Waals surface area (Å²) >= 11 is 3.50. The molecule has 3 rings (SSSR count). The van der Waals surface area contributed by atoms with Crippen LogP contribution in [0.1, 0.15) is 124 Å². The van der Waals surface area contributed by atoms with E-state index in [0.29, 0.717) is 31.0 Å². The average molecular weight is 649 g/mol. The third-order valence-corrected chi connectivity index (χ3v) is 8.13. The van der Waals surface area contributed by atoms with Gasteiger partial charge in [-0.1, -0.05) is 100 Å². The zero-order valence-corrected chi connectivity index (χ0v) is 28.4. The van der Waals surface area contributed by atoms with E-state index in [0.717, 1.165) is 22.2 Å². The highest BCUT2D eigenvalue weighted by Gasteiger charge is 2.40. The molecule has 0 spiro atoms. The molecule has 1 aliphatic heterocycles. The Morgan fingerprint density at radius 1 is 0.952 bits per heavy atom. The van der Waals surface area contributed by atoms with E-state index in [2.05, 4.69) is 36.7 Å². The molecule has 1 fully saturated rings. The second-order valence-electron chi connectivity index (χ2n) is 14.0. The first-order chi connectivity index (χ1) is 19.8. The summed E-state index contributed by atoms with van der Waals surface area (Å²) in [5.41, 5.74) is 1.63. The molecule has 2 unspecified atom stereocenters. The normalized spacial score (nSPS) is 17.7. The number of halogens is 1. The van der Waals surface area contributed by atoms with Gasteiger partial charge in [0.1, 0.15) is 18.2 Å². The van der Waals surface area contributed by atoms with Gasteiger partial charge in [0, 0.05) is 29.3 Å². The highest BCUT2D eigenvalue weighted by molar-refractivity contribution is 9.10. The number of imidazole rings is 1. The predicted octanol–water partition coefficient (Wildman–Crippen LogP) is 9.28. The van der Waals surface area contributed by atoms with E-state index in [1.165, 1.54) is 57.8 Å². The third-order valence-electron chi connectivity index (χ3n) is 7.60. The van der Waals surface area contributed by atoms with Crippen LogP contribution in [0, 0.1) is 5.41 Å². The zero-order chi connectivity index (χ0) is 30.8. The highest BCUT2D eigenvalue weighted by atomic mass is 79.9. The molecule has 8 heteroatoms. The van der Waals surface area contributed by atoms with Crippen LogP contribution in [0.2, 0.25) is 0 Å². The van der Waals surface area contributed by atoms with E-state index in [1.807, 2.05) is 55.8 Å². The summed E-state index contributed by atoms with van der Waals surface area (Å²) in [6.45, 7) is 13.8. The lowest BCUT2D eigenvalue weighted by molar-refractivity contribution is 0.0186. The number of unbranched alkanes of at least 4 members (excludes halogenated alkanes) is 8. The van der Waals surface area contributed by atoms with Gasteiger partial charge in [0.2, 0.25) is 0 Å². The molecule has 1 aromatic heterocycles. The maximum Gasteiger partial charge on any atom is 0.411 e. The molecule has 0 bridgehead atoms. The molecule has 236 valence electrons. The van der Waals surface area contributed by atoms with Crippen molar-refractivity contribution in [3.63, 3.8) is 0 Å². The van der Waals surface area contributed by atoms with Gasteiger partial charge in [-0.15, -0.1) is 0 Å². The summed E-state index contributed by atoms with van der Waals surface area (Å²) in [6.07, 6.45) is 14.1. The van der Waals surface area contributed by atoms with Gasteiger partial charge in [0.15, 0.2) is 0 Å². The first-order valence-corrected chi connectivity index (χ1v) is 16.7. The second-order valence-corrected chi connectivity index (χ2v) is 14.9. The van der Waals surface area contributed by atoms with Gasteiger partial charge in [0.05, 0.1) is 24.4 Å². The molecule has 1 amide bonds. The molecule has 1 aliphatic rings. The Kier molecular flexibility index (Phi) is 13.4. The molecule has 2 atom stereocenters. The van der Waals surface area contributed by atoms with Gasteiger partial charge in [-0.05, 0) is 51.2 Å². The van der Waals surface area contributed by atoms with Crippen molar-refractivity contribution in [3.05, 3.63) is 40.8 Å². The van der Waals surface area contributed by atoms with Gasteiger partial charge in [-0.2, -0.15) is 0 Å². The average Bonchev–Trinajstić information content (AvgIpc) is 3.49. The summed E-state index contributed by atoms with van der Waals surface area (Å²) in [4.78, 5) is 19.6. The van der Waals surface area contributed by atoms with Crippen molar-refractivity contribution in [2.24, 2.45) is 5.41 Å². The van der Waals surface area contributed by atoms with E-state index >= 15 is 0 Å². The molecule has 1 N–H and O–H groups in total. The predicted molar refractivity (Wildman–Crippen MR) is 173 cm³/mol. The number of aliphatic hydroxyl groups is 1. The van der Waals surface area contributed by atoms with Gasteiger partial charge >= 0.3 is 6.09 Å². The van der Waals surface area contributed by atoms with Crippen molar-refractivity contribution in [1.82, 2.24) is 14.5 Å². The monoisotopic (exact) mass is 647 g/mol. The number of carbonyl (C=O) groups is 1. The van der Waals surface area contributed by atoms with E-state index in [-0.39, 0.29) is 6.54 Å².